The number of hydrogen-bond donors (Lipinski definition) is 2. The average Bonchev–Trinajstić information content (AvgIpc) is 3.22. The second-order valence-electron chi connectivity index (χ2n) is 7.81. The summed E-state index contributed by atoms with van der Waals surface area (Å²) >= 11 is 1.16. The molecule has 0 unspecified atom stereocenters. The maximum absolute atomic E-state index is 13.7. The molecule has 0 aliphatic heterocycles. The Morgan fingerprint density at radius 3 is 2.56 bits per heavy atom. The molecule has 2 N–H and O–H groups in total. The van der Waals surface area contributed by atoms with Crippen molar-refractivity contribution in [1.82, 2.24) is 4.98 Å². The summed E-state index contributed by atoms with van der Waals surface area (Å²) in [5, 5.41) is 18.6. The molecule has 6 nitrogen and oxygen atoms in total. The Balaban J connectivity index is 0.00000408. The molecule has 0 atom stereocenters. The van der Waals surface area contributed by atoms with Gasteiger partial charge in [0.15, 0.2) is 5.13 Å². The van der Waals surface area contributed by atoms with E-state index < -0.39 is 5.97 Å². The molecule has 9 heteroatoms. The number of carboxylic acid groups (broad SMARTS) is 1. The number of benzene rings is 2. The Hall–Kier alpha value is -2.26. The maximum atomic E-state index is 13.7. The van der Waals surface area contributed by atoms with E-state index in [2.05, 4.69) is 22.5 Å². The molecule has 0 saturated carbocycles. The first-order valence-electron chi connectivity index (χ1n) is 11.0. The third-order valence-corrected chi connectivity index (χ3v) is 5.97. The van der Waals surface area contributed by atoms with E-state index in [1.807, 2.05) is 12.1 Å². The van der Waals surface area contributed by atoms with Gasteiger partial charge in [0, 0.05) is 35.6 Å². The van der Waals surface area contributed by atoms with E-state index in [-0.39, 0.29) is 47.7 Å². The van der Waals surface area contributed by atoms with Crippen molar-refractivity contribution in [3.63, 3.8) is 0 Å². The van der Waals surface area contributed by atoms with Gasteiger partial charge in [0.25, 0.3) is 5.91 Å². The van der Waals surface area contributed by atoms with Crippen molar-refractivity contribution in [2.24, 2.45) is 0 Å². The van der Waals surface area contributed by atoms with E-state index in [4.69, 9.17) is 0 Å². The largest absolute Gasteiger partial charge is 1.00 e. The molecule has 1 heterocycles. The van der Waals surface area contributed by atoms with Crippen LogP contribution in [0.2, 0.25) is 0 Å². The van der Waals surface area contributed by atoms with E-state index in [0.717, 1.165) is 53.8 Å². The third kappa shape index (κ3) is 8.83. The fourth-order valence-corrected chi connectivity index (χ4v) is 4.12. The Kier molecular flexibility index (Phi) is 11.7. The number of aromatic nitrogens is 1. The molecule has 3 rings (SSSR count). The van der Waals surface area contributed by atoms with Crippen LogP contribution in [0.15, 0.2) is 47.8 Å². The van der Waals surface area contributed by atoms with Crippen LogP contribution in [0.5, 0.6) is 0 Å². The van der Waals surface area contributed by atoms with Gasteiger partial charge in [-0.2, -0.15) is 0 Å². The molecular formula is C25H27FN3NaO3S. The van der Waals surface area contributed by atoms with Gasteiger partial charge in [-0.15, -0.1) is 11.3 Å². The van der Waals surface area contributed by atoms with Crippen molar-refractivity contribution >= 4 is 34.0 Å². The summed E-state index contributed by atoms with van der Waals surface area (Å²) in [4.78, 5) is 27.2. The van der Waals surface area contributed by atoms with E-state index in [1.165, 1.54) is 12.5 Å². The molecule has 174 valence electrons. The summed E-state index contributed by atoms with van der Waals surface area (Å²) < 4.78 is 13.7. The van der Waals surface area contributed by atoms with Gasteiger partial charge in [0.2, 0.25) is 0 Å². The number of unbranched alkanes of at least 4 members (excludes halogenated alkanes) is 3. The minimum atomic E-state index is -1.22. The van der Waals surface area contributed by atoms with Crippen LogP contribution < -0.4 is 45.3 Å². The van der Waals surface area contributed by atoms with Crippen LogP contribution in [-0.4, -0.2) is 16.9 Å². The zero-order valence-electron chi connectivity index (χ0n) is 19.5. The Labute approximate surface area is 225 Å². The molecule has 2 aromatic carbocycles. The van der Waals surface area contributed by atoms with Gasteiger partial charge in [0.1, 0.15) is 5.82 Å². The van der Waals surface area contributed by atoms with Gasteiger partial charge in [-0.1, -0.05) is 38.3 Å². The van der Waals surface area contributed by atoms with Crippen LogP contribution in [-0.2, 0) is 24.2 Å². The van der Waals surface area contributed by atoms with Gasteiger partial charge in [-0.3, -0.25) is 10.1 Å². The molecule has 0 aliphatic carbocycles. The topological polar surface area (TPSA) is 94.2 Å². The van der Waals surface area contributed by atoms with Crippen LogP contribution in [0.1, 0.15) is 59.8 Å². The number of rotatable bonds is 12. The van der Waals surface area contributed by atoms with Crippen molar-refractivity contribution in [3.05, 3.63) is 76.0 Å². The number of amides is 1. The molecule has 1 amide bonds. The molecule has 34 heavy (non-hydrogen) atoms. The second kappa shape index (κ2) is 14.2. The molecule has 3 aromatic rings. The molecule has 0 fully saturated rings. The number of thiazole rings is 1. The molecule has 0 spiro atoms. The van der Waals surface area contributed by atoms with E-state index >= 15 is 0 Å². The summed E-state index contributed by atoms with van der Waals surface area (Å²) in [6.45, 7) is 2.72. The van der Waals surface area contributed by atoms with Gasteiger partial charge in [-0.25, -0.2) is 9.37 Å². The number of carboxylic acids is 1. The number of aliphatic carboxylic acids is 1. The molecule has 0 radical (unpaired) electrons. The molecular weight excluding hydrogens is 464 g/mol. The van der Waals surface area contributed by atoms with Gasteiger partial charge >= 0.3 is 29.6 Å². The predicted molar refractivity (Wildman–Crippen MR) is 127 cm³/mol. The summed E-state index contributed by atoms with van der Waals surface area (Å²) in [5.74, 6) is -1.77. The number of carbonyl (C=O) groups excluding carboxylic acids is 2. The van der Waals surface area contributed by atoms with Crippen LogP contribution in [0.25, 0.3) is 0 Å². The molecule has 0 aliphatic rings. The van der Waals surface area contributed by atoms with E-state index in [0.29, 0.717) is 22.9 Å². The zero-order valence-corrected chi connectivity index (χ0v) is 22.3. The SMILES string of the molecule is CCCCCCc1cc(F)ccc1NCc1ccc(C(=O)Nc2nc(CC(=O)[O-])cs2)cc1.[Na+]. The standard InChI is InChI=1S/C25H28FN3O3S.Na/c1-2-3-4-5-6-19-13-20(26)11-12-22(19)27-15-17-7-9-18(10-8-17)24(32)29-25-28-21(16-33-25)14-23(30)31;/h7-13,16,27H,2-6,14-15H2,1H3,(H,30,31)(H,28,29,32);/q;+1/p-1. The first kappa shape index (κ1) is 28.0. The summed E-state index contributed by atoms with van der Waals surface area (Å²) in [5.41, 5.74) is 3.70. The average molecular weight is 492 g/mol. The number of aryl methyl sites for hydroxylation is 1. The maximum Gasteiger partial charge on any atom is 1.00 e. The minimum Gasteiger partial charge on any atom is -0.550 e. The first-order valence-corrected chi connectivity index (χ1v) is 11.9. The number of nitrogens with zero attached hydrogens (tertiary/aromatic N) is 1. The van der Waals surface area contributed by atoms with E-state index in [9.17, 15) is 19.1 Å². The van der Waals surface area contributed by atoms with Crippen LogP contribution in [0.4, 0.5) is 15.2 Å². The Morgan fingerprint density at radius 1 is 1.09 bits per heavy atom. The first-order chi connectivity index (χ1) is 15.9. The van der Waals surface area contributed by atoms with E-state index in [1.54, 1.807) is 29.6 Å². The molecule has 0 saturated heterocycles. The van der Waals surface area contributed by atoms with Crippen LogP contribution in [0.3, 0.4) is 0 Å². The van der Waals surface area contributed by atoms with Crippen molar-refractivity contribution in [2.75, 3.05) is 10.6 Å². The monoisotopic (exact) mass is 491 g/mol. The number of halogens is 1. The second-order valence-corrected chi connectivity index (χ2v) is 8.67. The minimum absolute atomic E-state index is 0. The molecule has 1 aromatic heterocycles. The quantitative estimate of drug-likeness (QED) is 0.296. The normalized spacial score (nSPS) is 10.4. The van der Waals surface area contributed by atoms with Crippen molar-refractivity contribution in [2.45, 2.75) is 52.0 Å². The fraction of sp³-hybridized carbons (Fsp3) is 0.320. The Bertz CT molecular complexity index is 1090. The van der Waals surface area contributed by atoms with Crippen LogP contribution >= 0.6 is 11.3 Å². The smallest absolute Gasteiger partial charge is 0.550 e. The number of carbonyl (C=O) groups is 2. The fourth-order valence-electron chi connectivity index (χ4n) is 3.42. The van der Waals surface area contributed by atoms with Crippen molar-refractivity contribution < 1.29 is 48.6 Å². The summed E-state index contributed by atoms with van der Waals surface area (Å²) in [7, 11) is 0. The predicted octanol–water partition coefficient (Wildman–Crippen LogP) is 1.57. The summed E-state index contributed by atoms with van der Waals surface area (Å²) in [6, 6.07) is 12.0. The third-order valence-electron chi connectivity index (χ3n) is 5.16. The number of anilines is 2. The van der Waals surface area contributed by atoms with Gasteiger partial charge in [-0.05, 0) is 54.3 Å². The number of nitrogens with one attached hydrogen (secondary N) is 2. The Morgan fingerprint density at radius 2 is 1.85 bits per heavy atom. The van der Waals surface area contributed by atoms with Crippen molar-refractivity contribution in [1.29, 1.82) is 0 Å². The van der Waals surface area contributed by atoms with Crippen molar-refractivity contribution in [3.8, 4) is 0 Å². The van der Waals surface area contributed by atoms with Gasteiger partial charge in [0.05, 0.1) is 5.69 Å². The zero-order chi connectivity index (χ0) is 23.6. The summed E-state index contributed by atoms with van der Waals surface area (Å²) in [6.07, 6.45) is 5.05. The van der Waals surface area contributed by atoms with Gasteiger partial charge < -0.3 is 15.2 Å². The van der Waals surface area contributed by atoms with Crippen LogP contribution in [0, 0.1) is 5.82 Å². The molecule has 0 bridgehead atoms. The number of hydrogen-bond acceptors (Lipinski definition) is 6.